The number of rotatable bonds is 1. The molecule has 2 amide bonds. The second-order valence-electron chi connectivity index (χ2n) is 4.55. The number of nitrogens with one attached hydrogen (secondary N) is 1. The summed E-state index contributed by atoms with van der Waals surface area (Å²) in [5, 5.41) is 2.93. The van der Waals surface area contributed by atoms with E-state index in [9.17, 15) is 9.59 Å². The lowest BCUT2D eigenvalue weighted by atomic mass is 10.1. The fraction of sp³-hybridized carbons (Fsp3) is 0.0714. The first kappa shape index (κ1) is 13.4. The Labute approximate surface area is 125 Å². The smallest absolute Gasteiger partial charge is 0.260 e. The van der Waals surface area contributed by atoms with Crippen LogP contribution in [0.4, 0.5) is 17.2 Å². The molecule has 0 spiro atoms. The van der Waals surface area contributed by atoms with Crippen molar-refractivity contribution in [1.29, 1.82) is 0 Å². The van der Waals surface area contributed by atoms with Crippen LogP contribution in [0.3, 0.4) is 0 Å². The zero-order valence-electron chi connectivity index (χ0n) is 10.8. The summed E-state index contributed by atoms with van der Waals surface area (Å²) >= 11 is 5.89. The maximum atomic E-state index is 12.6. The summed E-state index contributed by atoms with van der Waals surface area (Å²) in [7, 11) is 0. The van der Waals surface area contributed by atoms with E-state index < -0.39 is 0 Å². The normalized spacial score (nSPS) is 13.6. The molecule has 0 saturated carbocycles. The molecule has 6 nitrogen and oxygen atoms in total. The molecule has 2 aromatic rings. The number of aromatic nitrogens is 1. The van der Waals surface area contributed by atoms with E-state index in [-0.39, 0.29) is 34.8 Å². The number of nitrogens with two attached hydrogens (primary N) is 1. The molecule has 0 saturated heterocycles. The van der Waals surface area contributed by atoms with Crippen LogP contribution < -0.4 is 16.0 Å². The van der Waals surface area contributed by atoms with E-state index in [0.717, 1.165) is 0 Å². The number of benzene rings is 1. The third kappa shape index (κ3) is 2.41. The molecular formula is C14H11ClN4O2. The maximum Gasteiger partial charge on any atom is 0.260 e. The van der Waals surface area contributed by atoms with Gasteiger partial charge >= 0.3 is 0 Å². The number of hydrogen-bond donors (Lipinski definition) is 2. The van der Waals surface area contributed by atoms with Gasteiger partial charge in [0.1, 0.15) is 12.4 Å². The van der Waals surface area contributed by atoms with E-state index in [1.165, 1.54) is 17.2 Å². The lowest BCUT2D eigenvalue weighted by Crippen LogP contribution is -2.42. The molecular weight excluding hydrogens is 292 g/mol. The minimum atomic E-state index is -0.355. The topological polar surface area (TPSA) is 88.3 Å². The summed E-state index contributed by atoms with van der Waals surface area (Å²) < 4.78 is 0. The lowest BCUT2D eigenvalue weighted by molar-refractivity contribution is -0.115. The number of para-hydroxylation sites is 2. The first-order chi connectivity index (χ1) is 10.1. The zero-order chi connectivity index (χ0) is 15.0. The summed E-state index contributed by atoms with van der Waals surface area (Å²) in [6, 6.07) is 8.53. The van der Waals surface area contributed by atoms with Crippen LogP contribution in [0.1, 0.15) is 10.4 Å². The molecule has 1 aliphatic heterocycles. The summed E-state index contributed by atoms with van der Waals surface area (Å²) in [4.78, 5) is 29.6. The average Bonchev–Trinajstić information content (AvgIpc) is 2.48. The van der Waals surface area contributed by atoms with Gasteiger partial charge in [-0.3, -0.25) is 14.5 Å². The zero-order valence-corrected chi connectivity index (χ0v) is 11.6. The fourth-order valence-electron chi connectivity index (χ4n) is 2.14. The summed E-state index contributed by atoms with van der Waals surface area (Å²) in [6.45, 7) is -0.0577. The first-order valence-corrected chi connectivity index (χ1v) is 6.56. The van der Waals surface area contributed by atoms with Crippen molar-refractivity contribution >= 4 is 40.6 Å². The number of carbonyl (C=O) groups excluding carboxylic acids is 2. The second kappa shape index (κ2) is 5.06. The fourth-order valence-corrected chi connectivity index (χ4v) is 2.30. The van der Waals surface area contributed by atoms with Crippen molar-refractivity contribution in [2.75, 3.05) is 22.5 Å². The van der Waals surface area contributed by atoms with Gasteiger partial charge in [-0.1, -0.05) is 23.7 Å². The Morgan fingerprint density at radius 1 is 1.38 bits per heavy atom. The van der Waals surface area contributed by atoms with Crippen LogP contribution in [0.25, 0.3) is 0 Å². The van der Waals surface area contributed by atoms with Gasteiger partial charge in [0.05, 0.1) is 22.0 Å². The van der Waals surface area contributed by atoms with Gasteiger partial charge in [-0.25, -0.2) is 4.98 Å². The number of nitrogens with zero attached hydrogens (tertiary/aromatic N) is 2. The standard InChI is InChI=1S/C14H11ClN4O2/c15-9-5-8(6-17-13(9)16)14(21)19-7-12(20)18-10-3-1-2-4-11(10)19/h1-6H,7H2,(H2,16,17)(H,18,20). The molecule has 1 aliphatic rings. The van der Waals surface area contributed by atoms with E-state index in [0.29, 0.717) is 11.4 Å². The van der Waals surface area contributed by atoms with Gasteiger partial charge in [0.2, 0.25) is 5.91 Å². The van der Waals surface area contributed by atoms with Crippen LogP contribution in [-0.4, -0.2) is 23.3 Å². The molecule has 0 bridgehead atoms. The quantitative estimate of drug-likeness (QED) is 0.842. The Morgan fingerprint density at radius 3 is 2.90 bits per heavy atom. The molecule has 0 unspecified atom stereocenters. The predicted octanol–water partition coefficient (Wildman–Crippen LogP) is 1.92. The molecule has 0 aliphatic carbocycles. The van der Waals surface area contributed by atoms with Gasteiger partial charge in [0, 0.05) is 6.20 Å². The van der Waals surface area contributed by atoms with E-state index in [4.69, 9.17) is 17.3 Å². The minimum Gasteiger partial charge on any atom is -0.382 e. The second-order valence-corrected chi connectivity index (χ2v) is 4.95. The number of halogens is 1. The highest BCUT2D eigenvalue weighted by molar-refractivity contribution is 6.33. The number of amides is 2. The molecule has 21 heavy (non-hydrogen) atoms. The summed E-state index contributed by atoms with van der Waals surface area (Å²) in [5.41, 5.74) is 7.04. The summed E-state index contributed by atoms with van der Waals surface area (Å²) in [6.07, 6.45) is 1.35. The number of nitrogen functional groups attached to an aromatic ring is 1. The van der Waals surface area contributed by atoms with Crippen LogP contribution in [0.2, 0.25) is 5.02 Å². The number of anilines is 3. The predicted molar refractivity (Wildman–Crippen MR) is 80.4 cm³/mol. The highest BCUT2D eigenvalue weighted by atomic mass is 35.5. The first-order valence-electron chi connectivity index (χ1n) is 6.18. The monoisotopic (exact) mass is 302 g/mol. The van der Waals surface area contributed by atoms with Gasteiger partial charge in [0.25, 0.3) is 5.91 Å². The summed E-state index contributed by atoms with van der Waals surface area (Å²) in [5.74, 6) is -0.451. The molecule has 1 aromatic carbocycles. The van der Waals surface area contributed by atoms with Crippen molar-refractivity contribution in [1.82, 2.24) is 4.98 Å². The van der Waals surface area contributed by atoms with E-state index in [1.807, 2.05) is 0 Å². The molecule has 0 atom stereocenters. The molecule has 7 heteroatoms. The van der Waals surface area contributed by atoms with Crippen molar-refractivity contribution in [2.45, 2.75) is 0 Å². The highest BCUT2D eigenvalue weighted by Crippen LogP contribution is 2.30. The Bertz CT molecular complexity index is 748. The van der Waals surface area contributed by atoms with Gasteiger partial charge in [-0.05, 0) is 18.2 Å². The third-order valence-corrected chi connectivity index (χ3v) is 3.44. The van der Waals surface area contributed by atoms with Crippen LogP contribution >= 0.6 is 11.6 Å². The number of carbonyl (C=O) groups is 2. The molecule has 2 heterocycles. The Morgan fingerprint density at radius 2 is 2.14 bits per heavy atom. The van der Waals surface area contributed by atoms with Crippen molar-refractivity contribution in [2.24, 2.45) is 0 Å². The van der Waals surface area contributed by atoms with Gasteiger partial charge in [-0.15, -0.1) is 0 Å². The van der Waals surface area contributed by atoms with Crippen molar-refractivity contribution < 1.29 is 9.59 Å². The largest absolute Gasteiger partial charge is 0.382 e. The Hall–Kier alpha value is -2.60. The van der Waals surface area contributed by atoms with E-state index >= 15 is 0 Å². The SMILES string of the molecule is Nc1ncc(C(=O)N2CC(=O)Nc3ccccc32)cc1Cl. The minimum absolute atomic E-state index is 0.0577. The Kier molecular flexibility index (Phi) is 3.23. The van der Waals surface area contributed by atoms with E-state index in [2.05, 4.69) is 10.3 Å². The molecule has 3 rings (SSSR count). The average molecular weight is 303 g/mol. The van der Waals surface area contributed by atoms with Crippen LogP contribution in [0, 0.1) is 0 Å². The number of fused-ring (bicyclic) bond motifs is 1. The van der Waals surface area contributed by atoms with Gasteiger partial charge in [-0.2, -0.15) is 0 Å². The molecule has 3 N–H and O–H groups in total. The number of pyridine rings is 1. The van der Waals surface area contributed by atoms with Crippen molar-refractivity contribution in [3.8, 4) is 0 Å². The maximum absolute atomic E-state index is 12.6. The molecule has 0 fully saturated rings. The van der Waals surface area contributed by atoms with E-state index in [1.54, 1.807) is 24.3 Å². The number of hydrogen-bond acceptors (Lipinski definition) is 4. The molecule has 1 aromatic heterocycles. The van der Waals surface area contributed by atoms with Crippen LogP contribution in [-0.2, 0) is 4.79 Å². The van der Waals surface area contributed by atoms with Crippen molar-refractivity contribution in [3.05, 3.63) is 47.1 Å². The molecule has 0 radical (unpaired) electrons. The molecule has 106 valence electrons. The van der Waals surface area contributed by atoms with Gasteiger partial charge in [0.15, 0.2) is 0 Å². The Balaban J connectivity index is 2.01. The van der Waals surface area contributed by atoms with Gasteiger partial charge < -0.3 is 11.1 Å². The lowest BCUT2D eigenvalue weighted by Gasteiger charge is -2.29. The van der Waals surface area contributed by atoms with Crippen molar-refractivity contribution in [3.63, 3.8) is 0 Å². The highest BCUT2D eigenvalue weighted by Gasteiger charge is 2.27. The third-order valence-electron chi connectivity index (χ3n) is 3.13. The van der Waals surface area contributed by atoms with Crippen LogP contribution in [0.15, 0.2) is 36.5 Å². The van der Waals surface area contributed by atoms with Crippen LogP contribution in [0.5, 0.6) is 0 Å².